The molecule has 4 bridgehead atoms. The molecular weight excluding hydrogens is 380 g/mol. The molecule has 29 heavy (non-hydrogen) atoms. The summed E-state index contributed by atoms with van der Waals surface area (Å²) in [5.74, 6) is -0.248. The number of carbonyl (C=O) groups excluding carboxylic acids is 1. The monoisotopic (exact) mass is 414 g/mol. The topological polar surface area (TPSA) is 137 Å². The highest BCUT2D eigenvalue weighted by atomic mass is 16.7. The summed E-state index contributed by atoms with van der Waals surface area (Å²) in [5, 5.41) is 50.8. The molecule has 1 heterocycles. The van der Waals surface area contributed by atoms with E-state index in [1.54, 1.807) is 13.8 Å². The van der Waals surface area contributed by atoms with E-state index in [0.29, 0.717) is 6.42 Å². The Kier molecular flexibility index (Phi) is 4.99. The molecule has 0 radical (unpaired) electrons. The van der Waals surface area contributed by atoms with Crippen LogP contribution in [0, 0.1) is 28.6 Å². The van der Waals surface area contributed by atoms with Crippen molar-refractivity contribution in [2.24, 2.45) is 28.6 Å². The lowest BCUT2D eigenvalue weighted by Crippen LogP contribution is -2.61. The van der Waals surface area contributed by atoms with Crippen molar-refractivity contribution in [3.8, 4) is 0 Å². The molecule has 11 atom stereocenters. The molecule has 4 fully saturated rings. The van der Waals surface area contributed by atoms with Crippen molar-refractivity contribution in [3.63, 3.8) is 0 Å². The van der Waals surface area contributed by atoms with Crippen LogP contribution < -0.4 is 0 Å². The van der Waals surface area contributed by atoms with Crippen molar-refractivity contribution >= 4 is 5.78 Å². The molecule has 4 aliphatic rings. The minimum Gasteiger partial charge on any atom is -0.394 e. The summed E-state index contributed by atoms with van der Waals surface area (Å²) in [7, 11) is 0. The third-order valence-electron chi connectivity index (χ3n) is 8.82. The van der Waals surface area contributed by atoms with E-state index in [9.17, 15) is 30.3 Å². The van der Waals surface area contributed by atoms with Crippen LogP contribution in [0.25, 0.3) is 0 Å². The van der Waals surface area contributed by atoms with Gasteiger partial charge in [-0.25, -0.2) is 0 Å². The van der Waals surface area contributed by atoms with Crippen LogP contribution in [0.4, 0.5) is 0 Å². The van der Waals surface area contributed by atoms with E-state index in [0.717, 1.165) is 12.8 Å². The SMILES string of the molecule is CC(C)(O)[C@H]1C[C@H](O[C@@H]2O[C@H](CO)[C@@H](O)[C@H](O)[C@H]2O)[C@@]2(C)[C@@H]3CC[C@@]2(C)C(=O)[C@@H]31. The number of hydrogen-bond acceptors (Lipinski definition) is 8. The van der Waals surface area contributed by atoms with Crippen molar-refractivity contribution in [2.45, 2.75) is 89.4 Å². The Bertz CT molecular complexity index is 672. The van der Waals surface area contributed by atoms with E-state index in [1.807, 2.05) is 6.92 Å². The minimum absolute atomic E-state index is 0.0695. The fraction of sp³-hybridized carbons (Fsp3) is 0.952. The van der Waals surface area contributed by atoms with Gasteiger partial charge in [0.25, 0.3) is 0 Å². The van der Waals surface area contributed by atoms with Gasteiger partial charge >= 0.3 is 0 Å². The first-order chi connectivity index (χ1) is 13.4. The van der Waals surface area contributed by atoms with Crippen LogP contribution in [0.2, 0.25) is 0 Å². The predicted octanol–water partition coefficient (Wildman–Crippen LogP) is -0.416. The first-order valence-electron chi connectivity index (χ1n) is 10.6. The summed E-state index contributed by atoms with van der Waals surface area (Å²) in [4.78, 5) is 13.4. The third-order valence-corrected chi connectivity index (χ3v) is 8.82. The van der Waals surface area contributed by atoms with E-state index in [4.69, 9.17) is 9.47 Å². The van der Waals surface area contributed by atoms with Gasteiger partial charge in [0.15, 0.2) is 6.29 Å². The maximum absolute atomic E-state index is 13.4. The van der Waals surface area contributed by atoms with Gasteiger partial charge in [0.1, 0.15) is 30.2 Å². The lowest BCUT2D eigenvalue weighted by Gasteiger charge is -2.51. The number of hydrogen-bond donors (Lipinski definition) is 5. The Morgan fingerprint density at radius 3 is 2.41 bits per heavy atom. The fourth-order valence-electron chi connectivity index (χ4n) is 6.86. The van der Waals surface area contributed by atoms with E-state index in [1.165, 1.54) is 0 Å². The van der Waals surface area contributed by atoms with Crippen LogP contribution in [0.15, 0.2) is 0 Å². The first-order valence-corrected chi connectivity index (χ1v) is 10.6. The highest BCUT2D eigenvalue weighted by Gasteiger charge is 2.75. The molecule has 0 aromatic heterocycles. The highest BCUT2D eigenvalue weighted by molar-refractivity contribution is 5.92. The molecule has 0 aromatic rings. The zero-order valence-electron chi connectivity index (χ0n) is 17.5. The normalized spacial score (nSPS) is 54.8. The molecular formula is C21H34O8. The molecule has 4 rings (SSSR count). The van der Waals surface area contributed by atoms with Crippen LogP contribution in [0.5, 0.6) is 0 Å². The van der Waals surface area contributed by atoms with Crippen LogP contribution in [-0.4, -0.2) is 80.3 Å². The third kappa shape index (κ3) is 2.73. The van der Waals surface area contributed by atoms with Gasteiger partial charge in [0, 0.05) is 16.7 Å². The standard InChI is InChI=1S/C21H34O8/c1-19(2,27)10-7-12(21(4)9-5-6-20(21,3)17(26)13(9)10)29-18-16(25)15(24)14(23)11(8-22)28-18/h9-16,18,22-25,27H,5-8H2,1-4H3/t9-,10+,11-,12+,13+,14-,15+,16-,18+,20+,21-/m1/s1. The average Bonchev–Trinajstić information content (AvgIpc) is 2.98. The van der Waals surface area contributed by atoms with Crippen molar-refractivity contribution in [3.05, 3.63) is 0 Å². The van der Waals surface area contributed by atoms with Gasteiger partial charge in [-0.05, 0) is 44.9 Å². The molecule has 8 nitrogen and oxygen atoms in total. The number of carbonyl (C=O) groups is 1. The molecule has 3 aliphatic carbocycles. The smallest absolute Gasteiger partial charge is 0.186 e. The number of aliphatic hydroxyl groups excluding tert-OH is 4. The maximum atomic E-state index is 13.4. The van der Waals surface area contributed by atoms with Gasteiger partial charge in [-0.2, -0.15) is 0 Å². The zero-order chi connectivity index (χ0) is 21.5. The van der Waals surface area contributed by atoms with Gasteiger partial charge < -0.3 is 35.0 Å². The molecule has 0 unspecified atom stereocenters. The van der Waals surface area contributed by atoms with Crippen molar-refractivity contribution < 1.29 is 39.8 Å². The number of ether oxygens (including phenoxy) is 2. The quantitative estimate of drug-likeness (QED) is 0.392. The number of rotatable bonds is 4. The Morgan fingerprint density at radius 1 is 1.17 bits per heavy atom. The molecule has 1 aliphatic heterocycles. The molecule has 0 aromatic carbocycles. The Labute approximate surface area is 170 Å². The maximum Gasteiger partial charge on any atom is 0.186 e. The summed E-state index contributed by atoms with van der Waals surface area (Å²) in [5.41, 5.74) is -2.13. The Hall–Kier alpha value is -0.610. The summed E-state index contributed by atoms with van der Waals surface area (Å²) < 4.78 is 11.8. The fourth-order valence-corrected chi connectivity index (χ4v) is 6.86. The molecule has 5 N–H and O–H groups in total. The van der Waals surface area contributed by atoms with Gasteiger partial charge in [-0.15, -0.1) is 0 Å². The Morgan fingerprint density at radius 2 is 1.83 bits per heavy atom. The lowest BCUT2D eigenvalue weighted by molar-refractivity contribution is -0.327. The first kappa shape index (κ1) is 21.6. The Balaban J connectivity index is 1.67. The van der Waals surface area contributed by atoms with Gasteiger partial charge in [0.05, 0.1) is 18.3 Å². The predicted molar refractivity (Wildman–Crippen MR) is 100 cm³/mol. The van der Waals surface area contributed by atoms with E-state index >= 15 is 0 Å². The molecule has 0 amide bonds. The number of aliphatic hydroxyl groups is 5. The molecule has 3 saturated carbocycles. The minimum atomic E-state index is -1.52. The molecule has 1 saturated heterocycles. The van der Waals surface area contributed by atoms with Gasteiger partial charge in [0.2, 0.25) is 0 Å². The summed E-state index contributed by atoms with van der Waals surface area (Å²) >= 11 is 0. The summed E-state index contributed by atoms with van der Waals surface area (Å²) in [6.45, 7) is 6.93. The summed E-state index contributed by atoms with van der Waals surface area (Å²) in [6.07, 6.45) is -5.17. The number of Topliss-reactive ketones (excluding diaryl/α,β-unsaturated/α-hetero) is 1. The molecule has 8 heteroatoms. The van der Waals surface area contributed by atoms with Crippen molar-refractivity contribution in [1.29, 1.82) is 0 Å². The second-order valence-corrected chi connectivity index (χ2v) is 10.5. The van der Waals surface area contributed by atoms with E-state index in [2.05, 4.69) is 6.92 Å². The van der Waals surface area contributed by atoms with Crippen LogP contribution in [0.1, 0.15) is 47.0 Å². The van der Waals surface area contributed by atoms with Crippen LogP contribution in [-0.2, 0) is 14.3 Å². The average molecular weight is 414 g/mol. The van der Waals surface area contributed by atoms with E-state index < -0.39 is 59.8 Å². The second-order valence-electron chi connectivity index (χ2n) is 10.5. The largest absolute Gasteiger partial charge is 0.394 e. The van der Waals surface area contributed by atoms with Gasteiger partial charge in [-0.1, -0.05) is 13.8 Å². The van der Waals surface area contributed by atoms with Crippen LogP contribution in [0.3, 0.4) is 0 Å². The summed E-state index contributed by atoms with van der Waals surface area (Å²) in [6, 6.07) is 0. The van der Waals surface area contributed by atoms with E-state index in [-0.39, 0.29) is 23.5 Å². The van der Waals surface area contributed by atoms with Crippen molar-refractivity contribution in [1.82, 2.24) is 0 Å². The van der Waals surface area contributed by atoms with Crippen molar-refractivity contribution in [2.75, 3.05) is 6.61 Å². The number of ketones is 1. The highest BCUT2D eigenvalue weighted by Crippen LogP contribution is 2.73. The second kappa shape index (κ2) is 6.69. The van der Waals surface area contributed by atoms with Crippen LogP contribution >= 0.6 is 0 Å². The molecule has 0 spiro atoms. The zero-order valence-corrected chi connectivity index (χ0v) is 17.5. The molecule has 166 valence electrons. The lowest BCUT2D eigenvalue weighted by atomic mass is 9.59. The van der Waals surface area contributed by atoms with Gasteiger partial charge in [-0.3, -0.25) is 4.79 Å².